The molecule has 108 valence electrons. The molecule has 0 spiro atoms. The Hall–Kier alpha value is -0.650. The quantitative estimate of drug-likeness (QED) is 0.540. The summed E-state index contributed by atoms with van der Waals surface area (Å²) in [6, 6.07) is 12.4. The van der Waals surface area contributed by atoms with E-state index >= 15 is 0 Å². The summed E-state index contributed by atoms with van der Waals surface area (Å²) in [5.41, 5.74) is 5.93. The van der Waals surface area contributed by atoms with Crippen LogP contribution in [0, 0.1) is 0 Å². The molecular weight excluding hydrogens is 464 g/mol. The molecule has 0 radical (unpaired) electrons. The minimum absolute atomic E-state index is 0.316. The Balaban J connectivity index is 1.97. The third-order valence-corrected chi connectivity index (χ3v) is 6.83. The van der Waals surface area contributed by atoms with Crippen molar-refractivity contribution >= 4 is 53.8 Å². The van der Waals surface area contributed by atoms with Crippen molar-refractivity contribution < 1.29 is 9.90 Å². The molecular formula is C16H10Br3O2-. The molecule has 0 amide bonds. The van der Waals surface area contributed by atoms with Gasteiger partial charge in [0.25, 0.3) is 0 Å². The maximum absolute atomic E-state index is 11.0. The van der Waals surface area contributed by atoms with Gasteiger partial charge in [-0.3, -0.25) is 0 Å². The van der Waals surface area contributed by atoms with Crippen LogP contribution in [0.2, 0.25) is 0 Å². The number of fused-ring (bicyclic) bond motifs is 3. The van der Waals surface area contributed by atoms with Gasteiger partial charge in [0.2, 0.25) is 0 Å². The Morgan fingerprint density at radius 2 is 1.67 bits per heavy atom. The smallest absolute Gasteiger partial charge is 0.0707 e. The summed E-state index contributed by atoms with van der Waals surface area (Å²) in [5.74, 6) is -1.12. The zero-order chi connectivity index (χ0) is 15.1. The second kappa shape index (κ2) is 5.86. The number of hydrogen-bond acceptors (Lipinski definition) is 2. The predicted molar refractivity (Wildman–Crippen MR) is 91.8 cm³/mol. The minimum atomic E-state index is -1.12. The van der Waals surface area contributed by atoms with Gasteiger partial charge in [-0.15, -0.1) is 0 Å². The molecule has 5 heteroatoms. The van der Waals surface area contributed by atoms with Crippen LogP contribution in [0.5, 0.6) is 0 Å². The van der Waals surface area contributed by atoms with Crippen molar-refractivity contribution in [1.29, 1.82) is 0 Å². The van der Waals surface area contributed by atoms with E-state index in [0.29, 0.717) is 0 Å². The molecule has 0 N–H and O–H groups in total. The van der Waals surface area contributed by atoms with Gasteiger partial charge >= 0.3 is 0 Å². The first-order valence-corrected chi connectivity index (χ1v) is 9.00. The number of carbonyl (C=O) groups is 1. The van der Waals surface area contributed by atoms with Crippen molar-refractivity contribution in [3.8, 4) is 11.1 Å². The topological polar surface area (TPSA) is 40.1 Å². The molecule has 0 saturated carbocycles. The zero-order valence-corrected chi connectivity index (χ0v) is 15.5. The maximum atomic E-state index is 11.0. The van der Waals surface area contributed by atoms with Crippen LogP contribution in [0.3, 0.4) is 0 Å². The van der Waals surface area contributed by atoms with Gasteiger partial charge < -0.3 is 9.90 Å². The summed E-state index contributed by atoms with van der Waals surface area (Å²) >= 11 is 10.1. The number of benzene rings is 2. The highest BCUT2D eigenvalue weighted by molar-refractivity contribution is 9.12. The molecule has 2 aromatic carbocycles. The first kappa shape index (κ1) is 15.3. The SMILES string of the molecule is O=C([O-])C(Br)C(Br)c1ccc2c(c1)Cc1cc(Br)ccc1-2. The molecule has 0 aliphatic heterocycles. The summed E-state index contributed by atoms with van der Waals surface area (Å²) in [6.07, 6.45) is 0.871. The van der Waals surface area contributed by atoms with Crippen LogP contribution in [-0.4, -0.2) is 10.8 Å². The maximum Gasteiger partial charge on any atom is 0.0707 e. The van der Waals surface area contributed by atoms with Crippen LogP contribution in [0.4, 0.5) is 0 Å². The highest BCUT2D eigenvalue weighted by atomic mass is 79.9. The molecule has 3 rings (SSSR count). The molecule has 2 unspecified atom stereocenters. The van der Waals surface area contributed by atoms with Gasteiger partial charge in [-0.25, -0.2) is 0 Å². The first-order valence-electron chi connectivity index (χ1n) is 6.38. The van der Waals surface area contributed by atoms with E-state index in [0.717, 1.165) is 16.5 Å². The number of alkyl halides is 2. The molecule has 1 aliphatic carbocycles. The fraction of sp³-hybridized carbons (Fsp3) is 0.188. The lowest BCUT2D eigenvalue weighted by Crippen LogP contribution is -2.34. The predicted octanol–water partition coefficient (Wildman–Crippen LogP) is 3.97. The summed E-state index contributed by atoms with van der Waals surface area (Å²) in [7, 11) is 0. The minimum Gasteiger partial charge on any atom is -0.549 e. The largest absolute Gasteiger partial charge is 0.549 e. The van der Waals surface area contributed by atoms with Gasteiger partial charge in [0, 0.05) is 4.47 Å². The molecule has 0 bridgehead atoms. The molecule has 1 aliphatic rings. The van der Waals surface area contributed by atoms with Gasteiger partial charge in [-0.05, 0) is 46.4 Å². The van der Waals surface area contributed by atoms with Crippen LogP contribution in [0.25, 0.3) is 11.1 Å². The Bertz CT molecular complexity index is 727. The van der Waals surface area contributed by atoms with E-state index in [9.17, 15) is 9.90 Å². The fourth-order valence-corrected chi connectivity index (χ4v) is 3.87. The van der Waals surface area contributed by atoms with Crippen molar-refractivity contribution in [2.45, 2.75) is 16.1 Å². The van der Waals surface area contributed by atoms with E-state index in [-0.39, 0.29) is 4.83 Å². The number of carbonyl (C=O) groups excluding carboxylic acids is 1. The highest BCUT2D eigenvalue weighted by Gasteiger charge is 2.23. The van der Waals surface area contributed by atoms with Crippen molar-refractivity contribution in [1.82, 2.24) is 0 Å². The second-order valence-electron chi connectivity index (χ2n) is 5.02. The van der Waals surface area contributed by atoms with Gasteiger partial charge in [0.05, 0.1) is 15.6 Å². The number of hydrogen-bond donors (Lipinski definition) is 0. The zero-order valence-electron chi connectivity index (χ0n) is 10.8. The van der Waals surface area contributed by atoms with Crippen LogP contribution in [0.15, 0.2) is 40.9 Å². The number of rotatable bonds is 3. The Morgan fingerprint density at radius 3 is 2.33 bits per heavy atom. The van der Waals surface area contributed by atoms with Crippen molar-refractivity contribution in [2.24, 2.45) is 0 Å². The number of carboxylic acids is 1. The second-order valence-corrected chi connectivity index (χ2v) is 7.91. The molecule has 2 aromatic rings. The Morgan fingerprint density at radius 1 is 1.05 bits per heavy atom. The van der Waals surface area contributed by atoms with Crippen LogP contribution >= 0.6 is 47.8 Å². The molecule has 0 fully saturated rings. The van der Waals surface area contributed by atoms with Crippen LogP contribution in [-0.2, 0) is 11.2 Å². The molecule has 0 heterocycles. The Kier molecular flexibility index (Phi) is 4.26. The van der Waals surface area contributed by atoms with Gasteiger partial charge in [-0.2, -0.15) is 0 Å². The van der Waals surface area contributed by atoms with E-state index in [1.807, 2.05) is 12.1 Å². The average molecular weight is 474 g/mol. The standard InChI is InChI=1S/C16H11Br3O2/c17-11-2-4-13-10(7-11)6-9-5-8(1-3-12(9)13)14(18)15(19)16(20)21/h1-5,7,14-15H,6H2,(H,20,21)/p-1. The Labute approximate surface area is 148 Å². The van der Waals surface area contributed by atoms with Gasteiger partial charge in [0.1, 0.15) is 0 Å². The van der Waals surface area contributed by atoms with Crippen LogP contribution in [0.1, 0.15) is 21.5 Å². The van der Waals surface area contributed by atoms with E-state index in [1.54, 1.807) is 0 Å². The molecule has 2 nitrogen and oxygen atoms in total. The average Bonchev–Trinajstić information content (AvgIpc) is 2.81. The molecule has 0 aromatic heterocycles. The number of carboxylic acid groups (broad SMARTS) is 1. The summed E-state index contributed by atoms with van der Waals surface area (Å²) in [4.78, 5) is 9.90. The van der Waals surface area contributed by atoms with Gasteiger partial charge in [-0.1, -0.05) is 72.1 Å². The summed E-state index contributed by atoms with van der Waals surface area (Å²) in [6.45, 7) is 0. The van der Waals surface area contributed by atoms with Crippen LogP contribution < -0.4 is 5.11 Å². The van der Waals surface area contributed by atoms with Gasteiger partial charge in [0.15, 0.2) is 0 Å². The molecule has 2 atom stereocenters. The molecule has 21 heavy (non-hydrogen) atoms. The summed E-state index contributed by atoms with van der Waals surface area (Å²) in [5, 5.41) is 11.0. The molecule has 0 saturated heterocycles. The highest BCUT2D eigenvalue weighted by Crippen LogP contribution is 2.40. The summed E-state index contributed by atoms with van der Waals surface area (Å²) < 4.78 is 1.07. The van der Waals surface area contributed by atoms with E-state index < -0.39 is 10.8 Å². The number of aliphatic carboxylic acids is 1. The van der Waals surface area contributed by atoms with Crippen molar-refractivity contribution in [3.63, 3.8) is 0 Å². The third kappa shape index (κ3) is 2.83. The lowest BCUT2D eigenvalue weighted by molar-refractivity contribution is -0.304. The lowest BCUT2D eigenvalue weighted by Gasteiger charge is -2.18. The normalized spacial score (nSPS) is 15.2. The van der Waals surface area contributed by atoms with E-state index in [1.165, 1.54) is 22.3 Å². The lowest BCUT2D eigenvalue weighted by atomic mass is 10.0. The monoisotopic (exact) mass is 471 g/mol. The first-order chi connectivity index (χ1) is 9.97. The van der Waals surface area contributed by atoms with E-state index in [2.05, 4.69) is 72.1 Å². The van der Waals surface area contributed by atoms with Crippen molar-refractivity contribution in [2.75, 3.05) is 0 Å². The van der Waals surface area contributed by atoms with E-state index in [4.69, 9.17) is 0 Å². The van der Waals surface area contributed by atoms with Crippen molar-refractivity contribution in [3.05, 3.63) is 57.6 Å². The third-order valence-electron chi connectivity index (χ3n) is 3.67. The fourth-order valence-electron chi connectivity index (χ4n) is 2.66. The number of halogens is 3.